The highest BCUT2D eigenvalue weighted by Crippen LogP contribution is 2.36. The van der Waals surface area contributed by atoms with Gasteiger partial charge in [-0.2, -0.15) is 5.10 Å². The van der Waals surface area contributed by atoms with E-state index in [1.165, 1.54) is 0 Å². The fourth-order valence-electron chi connectivity index (χ4n) is 3.00. The number of aromatic nitrogens is 3. The average Bonchev–Trinajstić information content (AvgIpc) is 3.28. The Balaban J connectivity index is 1.67. The van der Waals surface area contributed by atoms with Crippen LogP contribution in [-0.2, 0) is 0 Å². The zero-order valence-electron chi connectivity index (χ0n) is 13.0. The van der Waals surface area contributed by atoms with Gasteiger partial charge in [-0.15, -0.1) is 0 Å². The highest BCUT2D eigenvalue weighted by atomic mass is 35.5. The Morgan fingerprint density at radius 3 is 2.60 bits per heavy atom. The molecule has 0 N–H and O–H groups in total. The maximum Gasteiger partial charge on any atom is 0.231 e. The first-order valence-electron chi connectivity index (χ1n) is 7.78. The Labute approximate surface area is 148 Å². The van der Waals surface area contributed by atoms with E-state index in [9.17, 15) is 0 Å². The molecule has 0 atom stereocenters. The summed E-state index contributed by atoms with van der Waals surface area (Å²) in [7, 11) is 0. The van der Waals surface area contributed by atoms with Gasteiger partial charge >= 0.3 is 0 Å². The summed E-state index contributed by atoms with van der Waals surface area (Å²) < 4.78 is 12.7. The van der Waals surface area contributed by atoms with Crippen LogP contribution in [0.25, 0.3) is 28.0 Å². The van der Waals surface area contributed by atoms with Crippen molar-refractivity contribution < 1.29 is 9.47 Å². The van der Waals surface area contributed by atoms with E-state index >= 15 is 0 Å². The second-order valence-corrected chi connectivity index (χ2v) is 6.14. The van der Waals surface area contributed by atoms with Crippen molar-refractivity contribution in [3.63, 3.8) is 0 Å². The summed E-state index contributed by atoms with van der Waals surface area (Å²) in [4.78, 5) is 4.51. The van der Waals surface area contributed by atoms with Crippen LogP contribution in [0.4, 0.5) is 0 Å². The third-order valence-corrected chi connectivity index (χ3v) is 4.48. The van der Waals surface area contributed by atoms with E-state index < -0.39 is 0 Å². The van der Waals surface area contributed by atoms with Gasteiger partial charge in [-0.25, -0.2) is 9.50 Å². The minimum atomic E-state index is 0.257. The summed E-state index contributed by atoms with van der Waals surface area (Å²) in [6.45, 7) is 0.257. The van der Waals surface area contributed by atoms with E-state index in [-0.39, 0.29) is 6.79 Å². The van der Waals surface area contributed by atoms with Gasteiger partial charge in [-0.1, -0.05) is 23.7 Å². The van der Waals surface area contributed by atoms with Crippen molar-refractivity contribution in [3.05, 3.63) is 65.9 Å². The van der Waals surface area contributed by atoms with Crippen LogP contribution in [0.2, 0.25) is 5.02 Å². The first-order chi connectivity index (χ1) is 12.3. The third kappa shape index (κ3) is 2.32. The van der Waals surface area contributed by atoms with E-state index in [1.807, 2.05) is 59.2 Å². The monoisotopic (exact) mass is 349 g/mol. The number of rotatable bonds is 2. The molecule has 0 saturated heterocycles. The van der Waals surface area contributed by atoms with Gasteiger partial charge in [-0.3, -0.25) is 0 Å². The zero-order valence-corrected chi connectivity index (χ0v) is 13.8. The quantitative estimate of drug-likeness (QED) is 0.536. The number of benzene rings is 2. The Morgan fingerprint density at radius 2 is 1.72 bits per heavy atom. The predicted octanol–water partition coefficient (Wildman–Crippen LogP) is 4.45. The topological polar surface area (TPSA) is 48.7 Å². The van der Waals surface area contributed by atoms with Crippen molar-refractivity contribution in [1.29, 1.82) is 0 Å². The van der Waals surface area contributed by atoms with Crippen molar-refractivity contribution in [2.24, 2.45) is 0 Å². The van der Waals surface area contributed by atoms with Gasteiger partial charge in [0, 0.05) is 22.3 Å². The molecule has 1 aliphatic rings. The number of hydrogen-bond acceptors (Lipinski definition) is 4. The van der Waals surface area contributed by atoms with Gasteiger partial charge in [0.1, 0.15) is 0 Å². The van der Waals surface area contributed by atoms with Crippen molar-refractivity contribution in [3.8, 4) is 33.9 Å². The van der Waals surface area contributed by atoms with Crippen LogP contribution in [0.15, 0.2) is 60.9 Å². The van der Waals surface area contributed by atoms with Crippen LogP contribution in [0, 0.1) is 0 Å². The molecule has 0 radical (unpaired) electrons. The number of hydrogen-bond donors (Lipinski definition) is 0. The lowest BCUT2D eigenvalue weighted by Gasteiger charge is -2.06. The molecule has 2 aromatic heterocycles. The Morgan fingerprint density at radius 1 is 0.920 bits per heavy atom. The molecule has 1 aliphatic heterocycles. The molecule has 122 valence electrons. The predicted molar refractivity (Wildman–Crippen MR) is 95.0 cm³/mol. The van der Waals surface area contributed by atoms with Gasteiger partial charge < -0.3 is 9.47 Å². The summed E-state index contributed by atoms with van der Waals surface area (Å²) in [5, 5.41) is 5.24. The van der Waals surface area contributed by atoms with Gasteiger partial charge in [0.15, 0.2) is 17.1 Å². The third-order valence-electron chi connectivity index (χ3n) is 4.22. The molecule has 3 heterocycles. The summed E-state index contributed by atoms with van der Waals surface area (Å²) in [5.41, 5.74) is 4.69. The normalized spacial score (nSPS) is 12.7. The van der Waals surface area contributed by atoms with Gasteiger partial charge in [0.2, 0.25) is 6.79 Å². The fourth-order valence-corrected chi connectivity index (χ4v) is 3.13. The molecule has 0 unspecified atom stereocenters. The van der Waals surface area contributed by atoms with Crippen molar-refractivity contribution >= 4 is 17.2 Å². The minimum absolute atomic E-state index is 0.257. The Kier molecular flexibility index (Phi) is 3.15. The molecule has 4 aromatic rings. The molecule has 25 heavy (non-hydrogen) atoms. The van der Waals surface area contributed by atoms with Crippen LogP contribution in [0.5, 0.6) is 11.5 Å². The lowest BCUT2D eigenvalue weighted by atomic mass is 10.1. The molecule has 5 rings (SSSR count). The molecular weight excluding hydrogens is 338 g/mol. The van der Waals surface area contributed by atoms with Crippen LogP contribution in [0.3, 0.4) is 0 Å². The first-order valence-corrected chi connectivity index (χ1v) is 8.16. The van der Waals surface area contributed by atoms with Crippen molar-refractivity contribution in [2.75, 3.05) is 6.79 Å². The fraction of sp³-hybridized carbons (Fsp3) is 0.0526. The number of nitrogens with zero attached hydrogens (tertiary/aromatic N) is 3. The maximum absolute atomic E-state index is 5.98. The number of fused-ring (bicyclic) bond motifs is 2. The lowest BCUT2D eigenvalue weighted by molar-refractivity contribution is 0.174. The highest BCUT2D eigenvalue weighted by molar-refractivity contribution is 6.30. The van der Waals surface area contributed by atoms with Gasteiger partial charge in [-0.05, 0) is 42.0 Å². The van der Waals surface area contributed by atoms with Gasteiger partial charge in [0.05, 0.1) is 11.9 Å². The molecule has 0 saturated carbocycles. The SMILES string of the molecule is Clc1ccc(-c2cnn3c(-c4ccc5c(c4)OCO5)ccnc23)cc1. The molecule has 0 spiro atoms. The van der Waals surface area contributed by atoms with E-state index in [2.05, 4.69) is 10.1 Å². The molecule has 5 nitrogen and oxygen atoms in total. The standard InChI is InChI=1S/C19H12ClN3O2/c20-14-4-1-12(2-5-14)15-10-22-23-16(7-8-21-19(15)23)13-3-6-17-18(9-13)25-11-24-17/h1-10H,11H2. The molecular formula is C19H12ClN3O2. The van der Waals surface area contributed by atoms with Gasteiger partial charge in [0.25, 0.3) is 0 Å². The van der Waals surface area contributed by atoms with Crippen LogP contribution in [-0.4, -0.2) is 21.4 Å². The summed E-state index contributed by atoms with van der Waals surface area (Å²) >= 11 is 5.98. The van der Waals surface area contributed by atoms with Crippen LogP contribution in [0.1, 0.15) is 0 Å². The Hall–Kier alpha value is -3.05. The minimum Gasteiger partial charge on any atom is -0.454 e. The highest BCUT2D eigenvalue weighted by Gasteiger charge is 2.16. The van der Waals surface area contributed by atoms with Crippen molar-refractivity contribution in [2.45, 2.75) is 0 Å². The molecule has 6 heteroatoms. The van der Waals surface area contributed by atoms with E-state index in [1.54, 1.807) is 6.20 Å². The maximum atomic E-state index is 5.98. The molecule has 2 aromatic carbocycles. The van der Waals surface area contributed by atoms with E-state index in [0.29, 0.717) is 5.02 Å². The zero-order chi connectivity index (χ0) is 16.8. The average molecular weight is 350 g/mol. The summed E-state index contributed by atoms with van der Waals surface area (Å²) in [5.74, 6) is 1.50. The van der Waals surface area contributed by atoms with Crippen LogP contribution < -0.4 is 9.47 Å². The molecule has 0 bridgehead atoms. The second-order valence-electron chi connectivity index (χ2n) is 5.70. The second kappa shape index (κ2) is 5.50. The van der Waals surface area contributed by atoms with Crippen LogP contribution >= 0.6 is 11.6 Å². The smallest absolute Gasteiger partial charge is 0.231 e. The summed E-state index contributed by atoms with van der Waals surface area (Å²) in [6.07, 6.45) is 3.61. The lowest BCUT2D eigenvalue weighted by Crippen LogP contribution is -1.96. The van der Waals surface area contributed by atoms with E-state index in [4.69, 9.17) is 21.1 Å². The van der Waals surface area contributed by atoms with Crippen molar-refractivity contribution in [1.82, 2.24) is 14.6 Å². The van der Waals surface area contributed by atoms with E-state index in [0.717, 1.165) is 39.5 Å². The number of halogens is 1. The Bertz CT molecular complexity index is 1090. The first kappa shape index (κ1) is 14.3. The largest absolute Gasteiger partial charge is 0.454 e. The molecule has 0 fully saturated rings. The molecule has 0 aliphatic carbocycles. The number of ether oxygens (including phenoxy) is 2. The molecule has 0 amide bonds. The summed E-state index contributed by atoms with van der Waals surface area (Å²) in [6, 6.07) is 15.5.